The minimum Gasteiger partial charge on any atom is -0.354 e. The van der Waals surface area contributed by atoms with Gasteiger partial charge in [-0.1, -0.05) is 0 Å². The SMILES string of the molecule is CC(C(=O)Nc1sc2c(c1C#N)CCC2)N1CCNC(=O)C1. The number of aryl methyl sites for hydroxylation is 1. The minimum absolute atomic E-state index is 0.0567. The molecule has 2 amide bonds. The third kappa shape index (κ3) is 2.72. The summed E-state index contributed by atoms with van der Waals surface area (Å²) in [4.78, 5) is 26.9. The van der Waals surface area contributed by atoms with E-state index in [9.17, 15) is 14.9 Å². The lowest BCUT2D eigenvalue weighted by Gasteiger charge is -2.30. The van der Waals surface area contributed by atoms with Crippen molar-refractivity contribution >= 4 is 28.2 Å². The molecule has 1 aromatic heterocycles. The predicted octanol–water partition coefficient (Wildman–Crippen LogP) is 0.867. The highest BCUT2D eigenvalue weighted by Gasteiger charge is 2.28. The van der Waals surface area contributed by atoms with Crippen LogP contribution in [0.25, 0.3) is 0 Å². The first kappa shape index (κ1) is 15.0. The highest BCUT2D eigenvalue weighted by molar-refractivity contribution is 7.16. The molecule has 22 heavy (non-hydrogen) atoms. The number of carbonyl (C=O) groups is 2. The second kappa shape index (κ2) is 6.07. The monoisotopic (exact) mass is 318 g/mol. The maximum Gasteiger partial charge on any atom is 0.242 e. The Morgan fingerprint density at radius 1 is 1.50 bits per heavy atom. The molecule has 2 heterocycles. The molecule has 7 heteroatoms. The fourth-order valence-electron chi connectivity index (χ4n) is 2.98. The zero-order valence-corrected chi connectivity index (χ0v) is 13.3. The molecule has 6 nitrogen and oxygen atoms in total. The molecule has 1 aliphatic heterocycles. The number of fused-ring (bicyclic) bond motifs is 1. The van der Waals surface area contributed by atoms with E-state index in [-0.39, 0.29) is 18.4 Å². The van der Waals surface area contributed by atoms with Gasteiger partial charge in [-0.15, -0.1) is 11.3 Å². The summed E-state index contributed by atoms with van der Waals surface area (Å²) in [5.74, 6) is -0.218. The number of nitrogens with one attached hydrogen (secondary N) is 2. The van der Waals surface area contributed by atoms with Crippen molar-refractivity contribution in [3.05, 3.63) is 16.0 Å². The number of carbonyl (C=O) groups excluding carboxylic acids is 2. The molecule has 1 atom stereocenters. The van der Waals surface area contributed by atoms with Gasteiger partial charge in [0.05, 0.1) is 18.2 Å². The fraction of sp³-hybridized carbons (Fsp3) is 0.533. The van der Waals surface area contributed by atoms with Crippen LogP contribution in [0.1, 0.15) is 29.3 Å². The molecule has 1 fully saturated rings. The van der Waals surface area contributed by atoms with Crippen molar-refractivity contribution in [3.8, 4) is 6.07 Å². The predicted molar refractivity (Wildman–Crippen MR) is 83.7 cm³/mol. The number of hydrogen-bond donors (Lipinski definition) is 2. The standard InChI is InChI=1S/C15H18N4O2S/c1-9(19-6-5-17-13(20)8-19)14(21)18-15-11(7-16)10-3-2-4-12(10)22-15/h9H,2-6,8H2,1H3,(H,17,20)(H,18,21). The van der Waals surface area contributed by atoms with Gasteiger partial charge in [-0.3, -0.25) is 14.5 Å². The zero-order chi connectivity index (χ0) is 15.7. The largest absolute Gasteiger partial charge is 0.354 e. The summed E-state index contributed by atoms with van der Waals surface area (Å²) < 4.78 is 0. The Hall–Kier alpha value is -1.91. The second-order valence-electron chi connectivity index (χ2n) is 5.66. The average molecular weight is 318 g/mol. The van der Waals surface area contributed by atoms with Crippen molar-refractivity contribution in [2.75, 3.05) is 25.0 Å². The van der Waals surface area contributed by atoms with Crippen LogP contribution < -0.4 is 10.6 Å². The van der Waals surface area contributed by atoms with Gasteiger partial charge >= 0.3 is 0 Å². The highest BCUT2D eigenvalue weighted by Crippen LogP contribution is 2.38. The number of thiophene rings is 1. The van der Waals surface area contributed by atoms with E-state index in [1.54, 1.807) is 6.92 Å². The number of hydrogen-bond acceptors (Lipinski definition) is 5. The second-order valence-corrected chi connectivity index (χ2v) is 6.76. The van der Waals surface area contributed by atoms with E-state index in [1.807, 2.05) is 4.90 Å². The summed E-state index contributed by atoms with van der Waals surface area (Å²) in [6, 6.07) is 1.83. The fourth-order valence-corrected chi connectivity index (χ4v) is 4.22. The molecular formula is C15H18N4O2S. The summed E-state index contributed by atoms with van der Waals surface area (Å²) in [6.07, 6.45) is 3.00. The van der Waals surface area contributed by atoms with Crippen molar-refractivity contribution in [2.45, 2.75) is 32.2 Å². The summed E-state index contributed by atoms with van der Waals surface area (Å²) >= 11 is 1.51. The van der Waals surface area contributed by atoms with Crippen LogP contribution in [-0.4, -0.2) is 42.4 Å². The number of anilines is 1. The molecule has 2 aliphatic rings. The zero-order valence-electron chi connectivity index (χ0n) is 12.4. The van der Waals surface area contributed by atoms with E-state index in [4.69, 9.17) is 0 Å². The van der Waals surface area contributed by atoms with Crippen LogP contribution in [-0.2, 0) is 22.4 Å². The normalized spacial score (nSPS) is 19.2. The third-order valence-corrected chi connectivity index (χ3v) is 5.47. The van der Waals surface area contributed by atoms with E-state index in [0.717, 1.165) is 24.8 Å². The lowest BCUT2D eigenvalue weighted by molar-refractivity contribution is -0.127. The molecule has 3 rings (SSSR count). The van der Waals surface area contributed by atoms with Gasteiger partial charge < -0.3 is 10.6 Å². The van der Waals surface area contributed by atoms with Crippen molar-refractivity contribution < 1.29 is 9.59 Å². The molecule has 1 saturated heterocycles. The van der Waals surface area contributed by atoms with E-state index < -0.39 is 6.04 Å². The number of amides is 2. The van der Waals surface area contributed by atoms with Gasteiger partial charge in [0, 0.05) is 18.0 Å². The van der Waals surface area contributed by atoms with E-state index in [2.05, 4.69) is 16.7 Å². The Morgan fingerprint density at radius 2 is 2.32 bits per heavy atom. The molecule has 0 spiro atoms. The molecule has 1 unspecified atom stereocenters. The molecular weight excluding hydrogens is 300 g/mol. The first-order valence-electron chi connectivity index (χ1n) is 7.46. The van der Waals surface area contributed by atoms with E-state index in [0.29, 0.717) is 23.7 Å². The summed E-state index contributed by atoms with van der Waals surface area (Å²) in [7, 11) is 0. The molecule has 1 aliphatic carbocycles. The lowest BCUT2D eigenvalue weighted by atomic mass is 10.1. The van der Waals surface area contributed by atoms with Crippen LogP contribution >= 0.6 is 11.3 Å². The molecule has 0 radical (unpaired) electrons. The van der Waals surface area contributed by atoms with Crippen LogP contribution in [0.5, 0.6) is 0 Å². The average Bonchev–Trinajstić information content (AvgIpc) is 3.06. The Kier molecular flexibility index (Phi) is 4.14. The van der Waals surface area contributed by atoms with Crippen LogP contribution in [0.2, 0.25) is 0 Å². The number of nitriles is 1. The lowest BCUT2D eigenvalue weighted by Crippen LogP contribution is -2.53. The smallest absolute Gasteiger partial charge is 0.242 e. The van der Waals surface area contributed by atoms with Crippen molar-refractivity contribution in [3.63, 3.8) is 0 Å². The van der Waals surface area contributed by atoms with Crippen molar-refractivity contribution in [1.82, 2.24) is 10.2 Å². The maximum absolute atomic E-state index is 12.4. The highest BCUT2D eigenvalue weighted by atomic mass is 32.1. The van der Waals surface area contributed by atoms with Crippen LogP contribution in [0.4, 0.5) is 5.00 Å². The Bertz CT molecular complexity index is 661. The summed E-state index contributed by atoms with van der Waals surface area (Å²) in [6.45, 7) is 3.25. The molecule has 116 valence electrons. The van der Waals surface area contributed by atoms with Crippen LogP contribution in [0.15, 0.2) is 0 Å². The van der Waals surface area contributed by atoms with Crippen molar-refractivity contribution in [1.29, 1.82) is 5.26 Å². The molecule has 0 bridgehead atoms. The van der Waals surface area contributed by atoms with Crippen LogP contribution in [0, 0.1) is 11.3 Å². The quantitative estimate of drug-likeness (QED) is 0.866. The van der Waals surface area contributed by atoms with Gasteiger partial charge in [-0.25, -0.2) is 0 Å². The topological polar surface area (TPSA) is 85.2 Å². The van der Waals surface area contributed by atoms with Gasteiger partial charge in [-0.2, -0.15) is 5.26 Å². The first-order chi connectivity index (χ1) is 10.6. The Labute approximate surface area is 133 Å². The molecule has 0 saturated carbocycles. The van der Waals surface area contributed by atoms with Gasteiger partial charge in [0.1, 0.15) is 11.1 Å². The van der Waals surface area contributed by atoms with E-state index in [1.165, 1.54) is 16.2 Å². The molecule has 0 aromatic carbocycles. The Morgan fingerprint density at radius 3 is 3.05 bits per heavy atom. The van der Waals surface area contributed by atoms with Gasteiger partial charge in [0.25, 0.3) is 0 Å². The minimum atomic E-state index is -0.394. The summed E-state index contributed by atoms with van der Waals surface area (Å²) in [5.41, 5.74) is 1.72. The Balaban J connectivity index is 1.72. The number of piperazine rings is 1. The van der Waals surface area contributed by atoms with Crippen LogP contribution in [0.3, 0.4) is 0 Å². The third-order valence-electron chi connectivity index (χ3n) is 4.26. The first-order valence-corrected chi connectivity index (χ1v) is 8.28. The number of rotatable bonds is 3. The van der Waals surface area contributed by atoms with E-state index >= 15 is 0 Å². The number of nitrogens with zero attached hydrogens (tertiary/aromatic N) is 2. The molecule has 1 aromatic rings. The van der Waals surface area contributed by atoms with Gasteiger partial charge in [-0.05, 0) is 31.7 Å². The molecule has 2 N–H and O–H groups in total. The van der Waals surface area contributed by atoms with Crippen molar-refractivity contribution in [2.24, 2.45) is 0 Å². The maximum atomic E-state index is 12.4. The summed E-state index contributed by atoms with van der Waals surface area (Å²) in [5, 5.41) is 15.6. The van der Waals surface area contributed by atoms with Gasteiger partial charge in [0.15, 0.2) is 0 Å². The van der Waals surface area contributed by atoms with Gasteiger partial charge in [0.2, 0.25) is 11.8 Å².